The van der Waals surface area contributed by atoms with E-state index in [4.69, 9.17) is 9.97 Å². The molecule has 0 spiro atoms. The highest BCUT2D eigenvalue weighted by Crippen LogP contribution is 2.33. The molecule has 0 saturated carbocycles. The van der Waals surface area contributed by atoms with Gasteiger partial charge < -0.3 is 15.3 Å². The molecule has 1 atom stereocenters. The van der Waals surface area contributed by atoms with E-state index in [-0.39, 0.29) is 17.7 Å². The summed E-state index contributed by atoms with van der Waals surface area (Å²) in [5.41, 5.74) is 2.94. The third-order valence-electron chi connectivity index (χ3n) is 5.70. The summed E-state index contributed by atoms with van der Waals surface area (Å²) in [4.78, 5) is 28.4. The van der Waals surface area contributed by atoms with Crippen LogP contribution in [0, 0.1) is 6.92 Å². The summed E-state index contributed by atoms with van der Waals surface area (Å²) in [6.07, 6.45) is 2.42. The maximum atomic E-state index is 12.5. The van der Waals surface area contributed by atoms with E-state index in [1.807, 2.05) is 37.3 Å². The number of phenols is 1. The van der Waals surface area contributed by atoms with Gasteiger partial charge in [0.25, 0.3) is 5.91 Å². The zero-order valence-electron chi connectivity index (χ0n) is 17.7. The molecule has 2 aromatic carbocycles. The lowest BCUT2D eigenvalue weighted by molar-refractivity contribution is 0.0935. The van der Waals surface area contributed by atoms with Gasteiger partial charge in [0.05, 0.1) is 11.1 Å². The topological polar surface area (TPSA) is 91.2 Å². The summed E-state index contributed by atoms with van der Waals surface area (Å²) >= 11 is 0. The van der Waals surface area contributed by atoms with Crippen LogP contribution in [0.2, 0.25) is 0 Å². The predicted molar refractivity (Wildman–Crippen MR) is 124 cm³/mol. The number of pyridine rings is 1. The van der Waals surface area contributed by atoms with Crippen LogP contribution >= 0.6 is 0 Å². The van der Waals surface area contributed by atoms with Crippen LogP contribution in [-0.2, 0) is 0 Å². The lowest BCUT2D eigenvalue weighted by atomic mass is 10.1. The molecule has 7 heteroatoms. The monoisotopic (exact) mass is 425 g/mol. The smallest absolute Gasteiger partial charge is 0.270 e. The van der Waals surface area contributed by atoms with Crippen molar-refractivity contribution in [2.75, 3.05) is 18.0 Å². The Morgan fingerprint density at radius 3 is 2.75 bits per heavy atom. The van der Waals surface area contributed by atoms with Crippen LogP contribution in [0.4, 0.5) is 5.82 Å². The number of carbonyl (C=O) groups is 1. The van der Waals surface area contributed by atoms with Crippen molar-refractivity contribution in [3.63, 3.8) is 0 Å². The molecule has 4 aromatic rings. The minimum absolute atomic E-state index is 0.00597. The van der Waals surface area contributed by atoms with Gasteiger partial charge in [-0.2, -0.15) is 0 Å². The lowest BCUT2D eigenvalue weighted by Crippen LogP contribution is -2.37. The van der Waals surface area contributed by atoms with E-state index >= 15 is 0 Å². The van der Waals surface area contributed by atoms with Crippen LogP contribution in [0.3, 0.4) is 0 Å². The Morgan fingerprint density at radius 1 is 1.09 bits per heavy atom. The molecule has 7 nitrogen and oxygen atoms in total. The van der Waals surface area contributed by atoms with Gasteiger partial charge in [0.2, 0.25) is 0 Å². The fourth-order valence-electron chi connectivity index (χ4n) is 4.07. The molecular formula is C25H23N5O2. The molecule has 1 aliphatic heterocycles. The third-order valence-corrected chi connectivity index (χ3v) is 5.70. The molecule has 160 valence electrons. The summed E-state index contributed by atoms with van der Waals surface area (Å²) in [6, 6.07) is 18.5. The minimum Gasteiger partial charge on any atom is -0.507 e. The van der Waals surface area contributed by atoms with Gasteiger partial charge in [-0.1, -0.05) is 24.3 Å². The van der Waals surface area contributed by atoms with Crippen molar-refractivity contribution in [3.05, 3.63) is 78.1 Å². The van der Waals surface area contributed by atoms with Gasteiger partial charge >= 0.3 is 0 Å². The number of rotatable bonds is 4. The van der Waals surface area contributed by atoms with E-state index in [0.29, 0.717) is 23.6 Å². The fourth-order valence-corrected chi connectivity index (χ4v) is 4.07. The predicted octanol–water partition coefficient (Wildman–Crippen LogP) is 3.71. The van der Waals surface area contributed by atoms with Crippen LogP contribution in [0.5, 0.6) is 5.75 Å². The van der Waals surface area contributed by atoms with E-state index in [9.17, 15) is 9.90 Å². The molecule has 2 aromatic heterocycles. The highest BCUT2D eigenvalue weighted by Gasteiger charge is 2.27. The Morgan fingerprint density at radius 2 is 1.94 bits per heavy atom. The van der Waals surface area contributed by atoms with Gasteiger partial charge in [0.1, 0.15) is 17.3 Å². The molecule has 1 saturated heterocycles. The Kier molecular flexibility index (Phi) is 5.15. The van der Waals surface area contributed by atoms with Crippen molar-refractivity contribution in [3.8, 4) is 17.1 Å². The summed E-state index contributed by atoms with van der Waals surface area (Å²) in [5, 5.41) is 14.4. The van der Waals surface area contributed by atoms with Crippen LogP contribution in [0.15, 0.2) is 66.9 Å². The van der Waals surface area contributed by atoms with E-state index in [1.54, 1.807) is 36.5 Å². The third kappa shape index (κ3) is 3.85. The second-order valence-electron chi connectivity index (χ2n) is 8.03. The van der Waals surface area contributed by atoms with E-state index in [0.717, 1.165) is 35.2 Å². The Labute approximate surface area is 185 Å². The van der Waals surface area contributed by atoms with Gasteiger partial charge in [-0.05, 0) is 55.3 Å². The first-order valence-corrected chi connectivity index (χ1v) is 10.6. The number of aryl methyl sites for hydroxylation is 1. The van der Waals surface area contributed by atoms with E-state index < -0.39 is 0 Å². The zero-order chi connectivity index (χ0) is 22.1. The number of nitrogens with one attached hydrogen (secondary N) is 1. The largest absolute Gasteiger partial charge is 0.507 e. The number of fused-ring (bicyclic) bond motifs is 1. The zero-order valence-corrected chi connectivity index (χ0v) is 17.7. The van der Waals surface area contributed by atoms with Crippen LogP contribution in [0.25, 0.3) is 22.3 Å². The van der Waals surface area contributed by atoms with Gasteiger partial charge in [0.15, 0.2) is 5.82 Å². The first-order valence-electron chi connectivity index (χ1n) is 10.6. The molecule has 5 rings (SSSR count). The first kappa shape index (κ1) is 19.9. The molecular weight excluding hydrogens is 402 g/mol. The summed E-state index contributed by atoms with van der Waals surface area (Å²) in [6.45, 7) is 3.42. The molecule has 1 amide bonds. The molecule has 1 aliphatic rings. The summed E-state index contributed by atoms with van der Waals surface area (Å²) < 4.78 is 0. The maximum absolute atomic E-state index is 12.5. The van der Waals surface area contributed by atoms with E-state index in [2.05, 4.69) is 15.2 Å². The average molecular weight is 425 g/mol. The quantitative estimate of drug-likeness (QED) is 0.518. The second-order valence-corrected chi connectivity index (χ2v) is 8.03. The van der Waals surface area contributed by atoms with Gasteiger partial charge in [-0.15, -0.1) is 0 Å². The minimum atomic E-state index is -0.171. The highest BCUT2D eigenvalue weighted by atomic mass is 16.3. The van der Waals surface area contributed by atoms with Crippen LogP contribution < -0.4 is 10.2 Å². The molecule has 3 heterocycles. The number of anilines is 1. The molecule has 0 radical (unpaired) electrons. The van der Waals surface area contributed by atoms with Gasteiger partial charge in [-0.3, -0.25) is 9.78 Å². The Bertz CT molecular complexity index is 1290. The first-order chi connectivity index (χ1) is 15.6. The number of aromatic nitrogens is 3. The molecule has 0 aliphatic carbocycles. The number of carbonyl (C=O) groups excluding carboxylic acids is 1. The van der Waals surface area contributed by atoms with Crippen molar-refractivity contribution in [2.45, 2.75) is 19.4 Å². The van der Waals surface area contributed by atoms with Crippen molar-refractivity contribution in [2.24, 2.45) is 0 Å². The molecule has 1 unspecified atom stereocenters. The van der Waals surface area contributed by atoms with Crippen molar-refractivity contribution < 1.29 is 9.90 Å². The lowest BCUT2D eigenvalue weighted by Gasteiger charge is -2.21. The number of para-hydroxylation sites is 1. The number of aromatic hydroxyl groups is 1. The normalized spacial score (nSPS) is 15.8. The Hall–Kier alpha value is -4.00. The number of phenolic OH excluding ortho intramolecular Hbond substituents is 1. The molecule has 2 N–H and O–H groups in total. The van der Waals surface area contributed by atoms with Crippen molar-refractivity contribution in [1.29, 1.82) is 0 Å². The molecule has 1 fully saturated rings. The number of benzene rings is 2. The molecule has 32 heavy (non-hydrogen) atoms. The second kappa shape index (κ2) is 8.26. The number of amides is 1. The summed E-state index contributed by atoms with van der Waals surface area (Å²) in [5.74, 6) is 1.27. The number of nitrogens with zero attached hydrogens (tertiary/aromatic N) is 4. The molecule has 0 bridgehead atoms. The average Bonchev–Trinajstić information content (AvgIpc) is 3.27. The van der Waals surface area contributed by atoms with Crippen molar-refractivity contribution in [1.82, 2.24) is 20.3 Å². The van der Waals surface area contributed by atoms with Crippen molar-refractivity contribution >= 4 is 22.6 Å². The number of hydrogen-bond acceptors (Lipinski definition) is 6. The van der Waals surface area contributed by atoms with Gasteiger partial charge in [0, 0.05) is 30.7 Å². The fraction of sp³-hybridized carbons (Fsp3) is 0.200. The Balaban J connectivity index is 1.47. The van der Waals surface area contributed by atoms with Gasteiger partial charge in [-0.25, -0.2) is 9.97 Å². The SMILES string of the molecule is Cc1ccc2c(N3CCC(NC(=O)c4ccccn4)C3)nc(-c3ccccc3O)nc2c1. The standard InChI is InChI=1S/C25H23N5O2/c1-16-9-10-18-21(14-16)28-23(19-6-2-3-8-22(19)31)29-24(18)30-13-11-17(15-30)27-25(32)20-7-4-5-12-26-20/h2-10,12,14,17,31H,11,13,15H2,1H3,(H,27,32). The number of hydrogen-bond donors (Lipinski definition) is 2. The summed E-state index contributed by atoms with van der Waals surface area (Å²) in [7, 11) is 0. The van der Waals surface area contributed by atoms with Crippen LogP contribution in [0.1, 0.15) is 22.5 Å². The van der Waals surface area contributed by atoms with Crippen LogP contribution in [-0.4, -0.2) is 45.1 Å². The van der Waals surface area contributed by atoms with E-state index in [1.165, 1.54) is 0 Å². The maximum Gasteiger partial charge on any atom is 0.270 e. The highest BCUT2D eigenvalue weighted by molar-refractivity contribution is 5.93.